The van der Waals surface area contributed by atoms with E-state index in [4.69, 9.17) is 9.47 Å². The first-order valence-corrected chi connectivity index (χ1v) is 14.3. The first-order chi connectivity index (χ1) is 20.3. The van der Waals surface area contributed by atoms with E-state index in [0.717, 1.165) is 0 Å². The number of hydrogen-bond donors (Lipinski definition) is 1. The van der Waals surface area contributed by atoms with Crippen molar-refractivity contribution >= 4 is 36.0 Å². The number of benzene rings is 1. The summed E-state index contributed by atoms with van der Waals surface area (Å²) in [5, 5.41) is 2.76. The summed E-state index contributed by atoms with van der Waals surface area (Å²) in [6.45, 7) is 15.9. The molecule has 1 saturated heterocycles. The van der Waals surface area contributed by atoms with Crippen LogP contribution in [-0.2, 0) is 4.74 Å². The zero-order valence-electron chi connectivity index (χ0n) is 25.5. The van der Waals surface area contributed by atoms with Gasteiger partial charge in [0.05, 0.1) is 17.9 Å². The molecule has 0 spiro atoms. The van der Waals surface area contributed by atoms with Gasteiger partial charge in [0.1, 0.15) is 23.9 Å². The molecule has 1 aromatic carbocycles. The lowest BCUT2D eigenvalue weighted by atomic mass is 9.90. The standard InChI is InChI=1S/C31H39F3N6O3/c1-18(2)40-12-13-42-28-24(34)14-21(15-25(28)40)27(19(3)32)38-29(35-7)37-26-16-23(33)22(17-36-26)20-8-10-39(11-9-20)30(41)43-31(4,5)6/h14-18,20H,7-13H2,1-6H3,(H,36,37,38)/b27-19+. The monoisotopic (exact) mass is 600 g/mol. The van der Waals surface area contributed by atoms with Crippen LogP contribution in [0.15, 0.2) is 40.2 Å². The van der Waals surface area contributed by atoms with Gasteiger partial charge in [-0.1, -0.05) is 0 Å². The lowest BCUT2D eigenvalue weighted by molar-refractivity contribution is 0.0204. The summed E-state index contributed by atoms with van der Waals surface area (Å²) < 4.78 is 56.1. The number of ether oxygens (including phenoxy) is 2. The number of piperidine rings is 1. The van der Waals surface area contributed by atoms with E-state index in [0.29, 0.717) is 50.3 Å². The van der Waals surface area contributed by atoms with Crippen LogP contribution in [0.3, 0.4) is 0 Å². The Bertz CT molecular complexity index is 1420. The number of nitrogens with one attached hydrogen (secondary N) is 1. The predicted octanol–water partition coefficient (Wildman–Crippen LogP) is 6.72. The largest absolute Gasteiger partial charge is 0.486 e. The number of likely N-dealkylation sites (tertiary alicyclic amines) is 1. The van der Waals surface area contributed by atoms with Crippen LogP contribution in [0.4, 0.5) is 29.5 Å². The maximum atomic E-state index is 15.2. The van der Waals surface area contributed by atoms with E-state index >= 15 is 8.78 Å². The Morgan fingerprint density at radius 2 is 1.86 bits per heavy atom. The number of guanidine groups is 1. The Kier molecular flexibility index (Phi) is 9.66. The summed E-state index contributed by atoms with van der Waals surface area (Å²) in [6.07, 6.45) is 2.15. The first-order valence-electron chi connectivity index (χ1n) is 14.3. The predicted molar refractivity (Wildman–Crippen MR) is 162 cm³/mol. The quantitative estimate of drug-likeness (QED) is 0.303. The molecule has 12 heteroatoms. The zero-order chi connectivity index (χ0) is 31.5. The second kappa shape index (κ2) is 13.0. The van der Waals surface area contributed by atoms with Gasteiger partial charge >= 0.3 is 6.09 Å². The van der Waals surface area contributed by atoms with Crippen molar-refractivity contribution < 1.29 is 27.4 Å². The minimum absolute atomic E-state index is 0.00536. The molecule has 1 N–H and O–H groups in total. The Labute approximate surface area is 250 Å². The van der Waals surface area contributed by atoms with Gasteiger partial charge in [0, 0.05) is 42.5 Å². The molecule has 232 valence electrons. The number of anilines is 1. The number of amides is 1. The van der Waals surface area contributed by atoms with Gasteiger partial charge in [-0.25, -0.2) is 27.9 Å². The number of carbonyl (C=O) groups is 1. The van der Waals surface area contributed by atoms with Crippen LogP contribution in [0.1, 0.15) is 71.4 Å². The van der Waals surface area contributed by atoms with Crippen molar-refractivity contribution in [3.8, 4) is 5.75 Å². The highest BCUT2D eigenvalue weighted by Gasteiger charge is 2.29. The minimum Gasteiger partial charge on any atom is -0.486 e. The Morgan fingerprint density at radius 1 is 1.16 bits per heavy atom. The van der Waals surface area contributed by atoms with Crippen LogP contribution in [0.2, 0.25) is 0 Å². The minimum atomic E-state index is -0.643. The fraction of sp³-hybridized carbons (Fsp3) is 0.484. The number of aromatic nitrogens is 1. The molecule has 1 aromatic heterocycles. The lowest BCUT2D eigenvalue weighted by Gasteiger charge is -2.35. The van der Waals surface area contributed by atoms with E-state index in [2.05, 4.69) is 27.0 Å². The van der Waals surface area contributed by atoms with Gasteiger partial charge in [0.25, 0.3) is 0 Å². The van der Waals surface area contributed by atoms with Crippen molar-refractivity contribution in [3.05, 3.63) is 53.0 Å². The summed E-state index contributed by atoms with van der Waals surface area (Å²) >= 11 is 0. The molecule has 0 saturated carbocycles. The number of carbonyl (C=O) groups excluding carboxylic acids is 1. The molecule has 43 heavy (non-hydrogen) atoms. The first kappa shape index (κ1) is 31.8. The molecule has 2 aromatic rings. The van der Waals surface area contributed by atoms with Gasteiger partial charge < -0.3 is 24.6 Å². The fourth-order valence-corrected chi connectivity index (χ4v) is 5.16. The van der Waals surface area contributed by atoms with Crippen LogP contribution in [0.25, 0.3) is 5.70 Å². The highest BCUT2D eigenvalue weighted by atomic mass is 19.1. The SMILES string of the molecule is C=NC(=Nc1cc(F)c(C2CCN(C(=O)OC(C)(C)C)CC2)cn1)N/C(=C(\C)F)c1cc(F)c2c(c1)N(C(C)C)CCO2. The topological polar surface area (TPSA) is 91.7 Å². The molecule has 0 aliphatic carbocycles. The van der Waals surface area contributed by atoms with E-state index in [9.17, 15) is 9.18 Å². The normalized spacial score (nSPS) is 16.8. The van der Waals surface area contributed by atoms with Crippen LogP contribution >= 0.6 is 0 Å². The molecular formula is C31H39F3N6O3. The lowest BCUT2D eigenvalue weighted by Crippen LogP contribution is -2.41. The summed E-state index contributed by atoms with van der Waals surface area (Å²) in [5.41, 5.74) is 0.490. The highest BCUT2D eigenvalue weighted by molar-refractivity contribution is 5.94. The fourth-order valence-electron chi connectivity index (χ4n) is 5.16. The van der Waals surface area contributed by atoms with Crippen molar-refractivity contribution in [1.82, 2.24) is 15.2 Å². The van der Waals surface area contributed by atoms with Crippen LogP contribution in [-0.4, -0.2) is 66.5 Å². The second-order valence-electron chi connectivity index (χ2n) is 11.9. The summed E-state index contributed by atoms with van der Waals surface area (Å²) in [6, 6.07) is 4.06. The average molecular weight is 601 g/mol. The van der Waals surface area contributed by atoms with Crippen molar-refractivity contribution in [2.75, 3.05) is 31.1 Å². The molecule has 4 rings (SSSR count). The van der Waals surface area contributed by atoms with Gasteiger partial charge in [-0.15, -0.1) is 0 Å². The van der Waals surface area contributed by atoms with Crippen molar-refractivity contribution in [2.24, 2.45) is 9.98 Å². The Balaban J connectivity index is 1.51. The number of hydrogen-bond acceptors (Lipinski definition) is 6. The maximum Gasteiger partial charge on any atom is 0.410 e. The number of allylic oxidation sites excluding steroid dienone is 1. The molecule has 9 nitrogen and oxygen atoms in total. The van der Waals surface area contributed by atoms with E-state index in [1.165, 1.54) is 25.3 Å². The molecule has 0 unspecified atom stereocenters. The molecule has 0 atom stereocenters. The maximum absolute atomic E-state index is 15.2. The van der Waals surface area contributed by atoms with Crippen LogP contribution in [0.5, 0.6) is 5.75 Å². The van der Waals surface area contributed by atoms with E-state index < -0.39 is 23.1 Å². The van der Waals surface area contributed by atoms with Gasteiger partial charge in [-0.05, 0) is 79.2 Å². The smallest absolute Gasteiger partial charge is 0.410 e. The molecule has 0 radical (unpaired) electrons. The molecule has 2 aliphatic heterocycles. The number of pyridine rings is 1. The Morgan fingerprint density at radius 3 is 2.44 bits per heavy atom. The third kappa shape index (κ3) is 7.66. The number of fused-ring (bicyclic) bond motifs is 1. The third-order valence-electron chi connectivity index (χ3n) is 7.23. The molecule has 1 amide bonds. The van der Waals surface area contributed by atoms with E-state index in [-0.39, 0.29) is 46.8 Å². The number of aliphatic imine (C=N–C) groups is 2. The number of halogens is 3. The summed E-state index contributed by atoms with van der Waals surface area (Å²) in [4.78, 5) is 28.3. The molecule has 2 aliphatic rings. The van der Waals surface area contributed by atoms with E-state index in [1.54, 1.807) is 11.0 Å². The van der Waals surface area contributed by atoms with Crippen molar-refractivity contribution in [1.29, 1.82) is 0 Å². The highest BCUT2D eigenvalue weighted by Crippen LogP contribution is 2.38. The van der Waals surface area contributed by atoms with Gasteiger partial charge in [0.2, 0.25) is 5.96 Å². The second-order valence-corrected chi connectivity index (χ2v) is 11.9. The zero-order valence-corrected chi connectivity index (χ0v) is 25.5. The van der Waals surface area contributed by atoms with E-state index in [1.807, 2.05) is 39.5 Å². The summed E-state index contributed by atoms with van der Waals surface area (Å²) in [7, 11) is 0. The van der Waals surface area contributed by atoms with Gasteiger partial charge in [0.15, 0.2) is 17.4 Å². The van der Waals surface area contributed by atoms with Gasteiger partial charge in [-0.2, -0.15) is 4.99 Å². The number of nitrogens with zero attached hydrogens (tertiary/aromatic N) is 5. The van der Waals surface area contributed by atoms with Crippen LogP contribution < -0.4 is 15.0 Å². The molecular weight excluding hydrogens is 561 g/mol. The Hall–Kier alpha value is -4.09. The van der Waals surface area contributed by atoms with Crippen LogP contribution in [0, 0.1) is 11.6 Å². The summed E-state index contributed by atoms with van der Waals surface area (Å²) in [5.74, 6) is -1.94. The molecule has 0 bridgehead atoms. The number of rotatable bonds is 5. The molecule has 3 heterocycles. The van der Waals surface area contributed by atoms with Crippen molar-refractivity contribution in [3.63, 3.8) is 0 Å². The molecule has 1 fully saturated rings. The van der Waals surface area contributed by atoms with Crippen molar-refractivity contribution in [2.45, 2.75) is 71.9 Å². The van der Waals surface area contributed by atoms with Gasteiger partial charge in [-0.3, -0.25) is 0 Å². The third-order valence-corrected chi connectivity index (χ3v) is 7.23. The average Bonchev–Trinajstić information content (AvgIpc) is 2.94.